The Bertz CT molecular complexity index is 417. The number of carboxylic acids is 1. The Morgan fingerprint density at radius 3 is 2.33 bits per heavy atom. The molecule has 0 saturated heterocycles. The molecule has 0 spiro atoms. The molecular weight excluding hydrogens is 300 g/mol. The molecule has 0 radical (unpaired) electrons. The molecule has 0 fully saturated rings. The summed E-state index contributed by atoms with van der Waals surface area (Å²) in [5.74, 6) is -1.76. The Hall–Kier alpha value is -1.76. The molecule has 120 valence electrons. The number of aliphatic carboxylic acids is 1. The number of carboxylic acid groups (broad SMARTS) is 1. The van der Waals surface area contributed by atoms with Crippen molar-refractivity contribution in [3.8, 4) is 0 Å². The Morgan fingerprint density at radius 1 is 1.33 bits per heavy atom. The van der Waals surface area contributed by atoms with Crippen molar-refractivity contribution in [2.45, 2.75) is 45.3 Å². The molecular formula is C13H21ClN2O5. The molecule has 0 unspecified atom stereocenters. The fourth-order valence-corrected chi connectivity index (χ4v) is 1.36. The fraction of sp³-hybridized carbons (Fsp3) is 0.615. The van der Waals surface area contributed by atoms with E-state index in [4.69, 9.17) is 21.4 Å². The number of esters is 1. The molecule has 0 aliphatic rings. The summed E-state index contributed by atoms with van der Waals surface area (Å²) in [6.45, 7) is 8.54. The Morgan fingerprint density at radius 2 is 1.90 bits per heavy atom. The van der Waals surface area contributed by atoms with Gasteiger partial charge in [0.1, 0.15) is 11.6 Å². The van der Waals surface area contributed by atoms with Gasteiger partial charge in [-0.1, -0.05) is 18.2 Å². The maximum atomic E-state index is 11.5. The van der Waals surface area contributed by atoms with Crippen LogP contribution in [0.2, 0.25) is 0 Å². The lowest BCUT2D eigenvalue weighted by molar-refractivity contribution is -0.155. The van der Waals surface area contributed by atoms with E-state index < -0.39 is 29.6 Å². The molecule has 0 aliphatic heterocycles. The van der Waals surface area contributed by atoms with Crippen molar-refractivity contribution in [1.82, 2.24) is 10.6 Å². The van der Waals surface area contributed by atoms with E-state index in [0.717, 1.165) is 0 Å². The van der Waals surface area contributed by atoms with Crippen LogP contribution in [0.15, 0.2) is 11.6 Å². The minimum atomic E-state index is -1.24. The van der Waals surface area contributed by atoms with Gasteiger partial charge in [0.15, 0.2) is 0 Å². The van der Waals surface area contributed by atoms with E-state index in [9.17, 15) is 14.4 Å². The van der Waals surface area contributed by atoms with Crippen LogP contribution in [0.1, 0.15) is 33.6 Å². The van der Waals surface area contributed by atoms with Gasteiger partial charge in [-0.2, -0.15) is 0 Å². The van der Waals surface area contributed by atoms with Crippen LogP contribution in [0.4, 0.5) is 4.79 Å². The molecule has 0 bridgehead atoms. The van der Waals surface area contributed by atoms with Gasteiger partial charge < -0.3 is 20.5 Å². The third kappa shape index (κ3) is 10.7. The molecule has 0 heterocycles. The van der Waals surface area contributed by atoms with Gasteiger partial charge in [-0.05, 0) is 27.2 Å². The largest absolute Gasteiger partial charge is 0.480 e. The highest BCUT2D eigenvalue weighted by Gasteiger charge is 2.23. The van der Waals surface area contributed by atoms with Crippen molar-refractivity contribution in [3.05, 3.63) is 11.6 Å². The highest BCUT2D eigenvalue weighted by atomic mass is 35.5. The first-order valence-electron chi connectivity index (χ1n) is 6.33. The Labute approximate surface area is 128 Å². The van der Waals surface area contributed by atoms with Gasteiger partial charge in [0, 0.05) is 11.5 Å². The lowest BCUT2D eigenvalue weighted by Gasteiger charge is -2.20. The summed E-state index contributed by atoms with van der Waals surface area (Å²) in [5.41, 5.74) is -0.638. The topological polar surface area (TPSA) is 105 Å². The molecule has 7 nitrogen and oxygen atoms in total. The molecule has 0 aliphatic carbocycles. The smallest absolute Gasteiger partial charge is 0.326 e. The molecule has 2 amide bonds. The second kappa shape index (κ2) is 8.51. The SMILES string of the molecule is C=C(Cl)CNC(=O)N[C@H](CCC(=O)OC(C)(C)C)C(=O)O. The van der Waals surface area contributed by atoms with E-state index in [1.165, 1.54) is 0 Å². The molecule has 21 heavy (non-hydrogen) atoms. The van der Waals surface area contributed by atoms with Crippen LogP contribution in [0.5, 0.6) is 0 Å². The predicted molar refractivity (Wildman–Crippen MR) is 78.0 cm³/mol. The van der Waals surface area contributed by atoms with Crippen LogP contribution in [0.3, 0.4) is 0 Å². The lowest BCUT2D eigenvalue weighted by atomic mass is 10.1. The average Bonchev–Trinajstić information content (AvgIpc) is 2.29. The number of carbonyl (C=O) groups is 3. The molecule has 0 saturated carbocycles. The van der Waals surface area contributed by atoms with E-state index in [2.05, 4.69) is 17.2 Å². The Kier molecular flexibility index (Phi) is 7.80. The summed E-state index contributed by atoms with van der Waals surface area (Å²) >= 11 is 5.47. The second-order valence-electron chi connectivity index (χ2n) is 5.36. The number of hydrogen-bond donors (Lipinski definition) is 3. The number of carbonyl (C=O) groups excluding carboxylic acids is 2. The van der Waals surface area contributed by atoms with E-state index in [1.54, 1.807) is 20.8 Å². The summed E-state index contributed by atoms with van der Waals surface area (Å²) < 4.78 is 5.06. The zero-order valence-electron chi connectivity index (χ0n) is 12.4. The highest BCUT2D eigenvalue weighted by molar-refractivity contribution is 6.29. The van der Waals surface area contributed by atoms with Gasteiger partial charge in [-0.25, -0.2) is 9.59 Å². The van der Waals surface area contributed by atoms with Gasteiger partial charge in [0.25, 0.3) is 0 Å². The van der Waals surface area contributed by atoms with Crippen LogP contribution in [0.25, 0.3) is 0 Å². The third-order valence-electron chi connectivity index (χ3n) is 2.10. The number of amides is 2. The quantitative estimate of drug-likeness (QED) is 0.618. The third-order valence-corrected chi connectivity index (χ3v) is 2.23. The van der Waals surface area contributed by atoms with Crippen molar-refractivity contribution < 1.29 is 24.2 Å². The minimum Gasteiger partial charge on any atom is -0.480 e. The summed E-state index contributed by atoms with van der Waals surface area (Å²) in [7, 11) is 0. The van der Waals surface area contributed by atoms with Crippen LogP contribution in [-0.4, -0.2) is 41.3 Å². The maximum Gasteiger partial charge on any atom is 0.326 e. The van der Waals surface area contributed by atoms with Gasteiger partial charge in [-0.15, -0.1) is 0 Å². The van der Waals surface area contributed by atoms with Gasteiger partial charge in [-0.3, -0.25) is 4.79 Å². The summed E-state index contributed by atoms with van der Waals surface area (Å²) in [5, 5.41) is 13.8. The van der Waals surface area contributed by atoms with Gasteiger partial charge in [0.2, 0.25) is 0 Å². The fourth-order valence-electron chi connectivity index (χ4n) is 1.30. The minimum absolute atomic E-state index is 0.0196. The van der Waals surface area contributed by atoms with Crippen LogP contribution in [0, 0.1) is 0 Å². The Balaban J connectivity index is 4.32. The summed E-state index contributed by atoms with van der Waals surface area (Å²) in [6, 6.07) is -1.89. The maximum absolute atomic E-state index is 11.5. The molecule has 0 rings (SSSR count). The van der Waals surface area contributed by atoms with Crippen molar-refractivity contribution in [1.29, 1.82) is 0 Å². The zero-order valence-corrected chi connectivity index (χ0v) is 13.1. The summed E-state index contributed by atoms with van der Waals surface area (Å²) in [6.07, 6.45) is -0.184. The van der Waals surface area contributed by atoms with E-state index in [1.807, 2.05) is 0 Å². The second-order valence-corrected chi connectivity index (χ2v) is 5.89. The van der Waals surface area contributed by atoms with Crippen LogP contribution >= 0.6 is 11.6 Å². The average molecular weight is 321 g/mol. The molecule has 8 heteroatoms. The standard InChI is InChI=1S/C13H21ClN2O5/c1-8(14)7-15-12(20)16-9(11(18)19)5-6-10(17)21-13(2,3)4/h9H,1,5-7H2,2-4H3,(H,18,19)(H2,15,16,20)/t9-/m1/s1. The highest BCUT2D eigenvalue weighted by Crippen LogP contribution is 2.10. The monoisotopic (exact) mass is 320 g/mol. The lowest BCUT2D eigenvalue weighted by Crippen LogP contribution is -2.46. The predicted octanol–water partition coefficient (Wildman–Crippen LogP) is 1.61. The first-order valence-corrected chi connectivity index (χ1v) is 6.71. The van der Waals surface area contributed by atoms with Crippen LogP contribution < -0.4 is 10.6 Å². The normalized spacial score (nSPS) is 12.2. The molecule has 1 atom stereocenters. The van der Waals surface area contributed by atoms with E-state index in [0.29, 0.717) is 0 Å². The number of urea groups is 1. The van der Waals surface area contributed by atoms with Crippen molar-refractivity contribution in [2.75, 3.05) is 6.54 Å². The van der Waals surface area contributed by atoms with Crippen LogP contribution in [-0.2, 0) is 14.3 Å². The van der Waals surface area contributed by atoms with Gasteiger partial charge >= 0.3 is 18.0 Å². The number of nitrogens with one attached hydrogen (secondary N) is 2. The van der Waals surface area contributed by atoms with E-state index >= 15 is 0 Å². The molecule has 3 N–H and O–H groups in total. The molecule has 0 aromatic carbocycles. The van der Waals surface area contributed by atoms with Crippen molar-refractivity contribution in [3.63, 3.8) is 0 Å². The summed E-state index contributed by atoms with van der Waals surface area (Å²) in [4.78, 5) is 34.0. The molecule has 0 aromatic rings. The van der Waals surface area contributed by atoms with Crippen molar-refractivity contribution in [2.24, 2.45) is 0 Å². The van der Waals surface area contributed by atoms with E-state index in [-0.39, 0.29) is 24.4 Å². The number of hydrogen-bond acceptors (Lipinski definition) is 4. The number of rotatable bonds is 7. The first kappa shape index (κ1) is 19.2. The van der Waals surface area contributed by atoms with Gasteiger partial charge in [0.05, 0.1) is 6.54 Å². The first-order chi connectivity index (χ1) is 9.51. The van der Waals surface area contributed by atoms with Crippen molar-refractivity contribution >= 4 is 29.6 Å². The zero-order chi connectivity index (χ0) is 16.6. The molecule has 0 aromatic heterocycles. The number of ether oxygens (including phenoxy) is 1. The number of halogens is 1.